The summed E-state index contributed by atoms with van der Waals surface area (Å²) in [4.78, 5) is 0. The minimum absolute atomic E-state index is 0.160. The van der Waals surface area contributed by atoms with E-state index in [4.69, 9.17) is 5.73 Å². The Morgan fingerprint density at radius 2 is 2.15 bits per heavy atom. The fraction of sp³-hybridized carbons (Fsp3) is 0.400. The summed E-state index contributed by atoms with van der Waals surface area (Å²) in [6.07, 6.45) is 0.0850. The third-order valence-corrected chi connectivity index (χ3v) is 2.14. The van der Waals surface area contributed by atoms with E-state index in [1.165, 1.54) is 0 Å². The molecule has 0 amide bonds. The lowest BCUT2D eigenvalue weighted by molar-refractivity contribution is 0.172. The van der Waals surface area contributed by atoms with Crippen LogP contribution in [0.5, 0.6) is 5.75 Å². The van der Waals surface area contributed by atoms with E-state index in [0.717, 1.165) is 5.56 Å². The Hall–Kier alpha value is -1.06. The Morgan fingerprint density at radius 3 is 2.69 bits per heavy atom. The van der Waals surface area contributed by atoms with Crippen LogP contribution >= 0.6 is 0 Å². The number of nitrogens with two attached hydrogens (primary N) is 1. The van der Waals surface area contributed by atoms with Crippen molar-refractivity contribution in [3.05, 3.63) is 29.3 Å². The number of aliphatic hydroxyl groups excluding tert-OH is 1. The molecular weight excluding hydrogens is 166 g/mol. The Bertz CT molecular complexity index is 286. The maximum Gasteiger partial charge on any atom is 0.120 e. The lowest BCUT2D eigenvalue weighted by Gasteiger charge is -2.13. The molecule has 0 aliphatic rings. The van der Waals surface area contributed by atoms with E-state index in [-0.39, 0.29) is 12.3 Å². The molecule has 0 unspecified atom stereocenters. The molecule has 0 bridgehead atoms. The molecule has 0 aromatic heterocycles. The number of aromatic hydroxyl groups is 1. The molecule has 1 rings (SSSR count). The molecule has 0 fully saturated rings. The van der Waals surface area contributed by atoms with Gasteiger partial charge in [-0.05, 0) is 18.1 Å². The van der Waals surface area contributed by atoms with Crippen molar-refractivity contribution in [3.63, 3.8) is 0 Å². The van der Waals surface area contributed by atoms with Crippen LogP contribution in [-0.2, 0) is 6.54 Å². The molecule has 0 spiro atoms. The molecule has 3 heteroatoms. The van der Waals surface area contributed by atoms with Gasteiger partial charge >= 0.3 is 0 Å². The van der Waals surface area contributed by atoms with Crippen LogP contribution in [0, 0.1) is 0 Å². The van der Waals surface area contributed by atoms with Crippen LogP contribution < -0.4 is 5.73 Å². The number of hydrogen-bond acceptors (Lipinski definition) is 3. The fourth-order valence-electron chi connectivity index (χ4n) is 1.35. The van der Waals surface area contributed by atoms with E-state index >= 15 is 0 Å². The van der Waals surface area contributed by atoms with Crippen LogP contribution in [0.4, 0.5) is 0 Å². The molecule has 1 aromatic carbocycles. The maximum atomic E-state index is 9.60. The highest BCUT2D eigenvalue weighted by atomic mass is 16.3. The average molecular weight is 181 g/mol. The van der Waals surface area contributed by atoms with Gasteiger partial charge in [-0.15, -0.1) is 0 Å². The van der Waals surface area contributed by atoms with Crippen molar-refractivity contribution >= 4 is 0 Å². The quantitative estimate of drug-likeness (QED) is 0.658. The summed E-state index contributed by atoms with van der Waals surface area (Å²) in [6, 6.07) is 5.08. The molecule has 1 atom stereocenters. The van der Waals surface area contributed by atoms with Gasteiger partial charge in [0.25, 0.3) is 0 Å². The molecular formula is C10H15NO2. The molecule has 0 aliphatic carbocycles. The second-order valence-electron chi connectivity index (χ2n) is 2.97. The van der Waals surface area contributed by atoms with Gasteiger partial charge in [-0.2, -0.15) is 0 Å². The van der Waals surface area contributed by atoms with Crippen LogP contribution in [0.3, 0.4) is 0 Å². The van der Waals surface area contributed by atoms with Gasteiger partial charge in [0.2, 0.25) is 0 Å². The minimum atomic E-state index is -0.536. The number of phenolic OH excluding ortho intramolecular Hbond substituents is 1. The number of phenols is 1. The van der Waals surface area contributed by atoms with Crippen LogP contribution in [0.25, 0.3) is 0 Å². The first-order valence-corrected chi connectivity index (χ1v) is 4.39. The highest BCUT2D eigenvalue weighted by Gasteiger charge is 2.11. The van der Waals surface area contributed by atoms with Crippen LogP contribution in [0.1, 0.15) is 30.6 Å². The summed E-state index contributed by atoms with van der Waals surface area (Å²) in [5.74, 6) is 0.160. The van der Waals surface area contributed by atoms with Gasteiger partial charge in [0.05, 0.1) is 6.10 Å². The molecule has 72 valence electrons. The summed E-state index contributed by atoms with van der Waals surface area (Å²) >= 11 is 0. The van der Waals surface area contributed by atoms with E-state index < -0.39 is 6.10 Å². The van der Waals surface area contributed by atoms with Crippen molar-refractivity contribution < 1.29 is 10.2 Å². The number of aliphatic hydroxyl groups is 1. The van der Waals surface area contributed by atoms with Crippen molar-refractivity contribution in [2.75, 3.05) is 0 Å². The first-order valence-electron chi connectivity index (χ1n) is 4.39. The third kappa shape index (κ3) is 1.99. The smallest absolute Gasteiger partial charge is 0.120 e. The highest BCUT2D eigenvalue weighted by molar-refractivity contribution is 5.40. The van der Waals surface area contributed by atoms with Gasteiger partial charge in [0.15, 0.2) is 0 Å². The molecule has 3 nitrogen and oxygen atoms in total. The highest BCUT2D eigenvalue weighted by Crippen LogP contribution is 2.26. The number of rotatable bonds is 3. The van der Waals surface area contributed by atoms with Gasteiger partial charge < -0.3 is 15.9 Å². The normalized spacial score (nSPS) is 12.8. The fourth-order valence-corrected chi connectivity index (χ4v) is 1.35. The summed E-state index contributed by atoms with van der Waals surface area (Å²) in [6.45, 7) is 2.13. The standard InChI is InChI=1S/C10H15NO2/c1-2-9(12)7-4-3-5-10(13)8(7)6-11/h3-5,9,12-13H,2,6,11H2,1H3/t9-/m0/s1. The predicted octanol–water partition coefficient (Wildman–Crippen LogP) is 1.29. The first-order chi connectivity index (χ1) is 6.20. The van der Waals surface area contributed by atoms with Crippen molar-refractivity contribution in [1.82, 2.24) is 0 Å². The Kier molecular flexibility index (Phi) is 3.28. The van der Waals surface area contributed by atoms with Gasteiger partial charge in [-0.1, -0.05) is 19.1 Å². The van der Waals surface area contributed by atoms with Gasteiger partial charge in [0.1, 0.15) is 5.75 Å². The zero-order valence-electron chi connectivity index (χ0n) is 7.70. The van der Waals surface area contributed by atoms with Crippen molar-refractivity contribution in [2.45, 2.75) is 26.0 Å². The molecule has 13 heavy (non-hydrogen) atoms. The molecule has 0 saturated carbocycles. The second-order valence-corrected chi connectivity index (χ2v) is 2.97. The van der Waals surface area contributed by atoms with Crippen molar-refractivity contribution in [1.29, 1.82) is 0 Å². The van der Waals surface area contributed by atoms with Crippen LogP contribution in [0.15, 0.2) is 18.2 Å². The van der Waals surface area contributed by atoms with E-state index in [9.17, 15) is 10.2 Å². The topological polar surface area (TPSA) is 66.5 Å². The third-order valence-electron chi connectivity index (χ3n) is 2.14. The molecule has 4 N–H and O–H groups in total. The Balaban J connectivity index is 3.12. The average Bonchev–Trinajstić information content (AvgIpc) is 2.16. The van der Waals surface area contributed by atoms with Crippen LogP contribution in [0.2, 0.25) is 0 Å². The minimum Gasteiger partial charge on any atom is -0.508 e. The number of hydrogen-bond donors (Lipinski definition) is 3. The summed E-state index contributed by atoms with van der Waals surface area (Å²) < 4.78 is 0. The van der Waals surface area contributed by atoms with E-state index in [1.54, 1.807) is 18.2 Å². The predicted molar refractivity (Wildman–Crippen MR) is 51.2 cm³/mol. The van der Waals surface area contributed by atoms with Gasteiger partial charge in [-0.25, -0.2) is 0 Å². The second kappa shape index (κ2) is 4.25. The lowest BCUT2D eigenvalue weighted by Crippen LogP contribution is -2.05. The number of benzene rings is 1. The molecule has 0 radical (unpaired) electrons. The Labute approximate surface area is 77.8 Å². The molecule has 0 aliphatic heterocycles. The maximum absolute atomic E-state index is 9.60. The SMILES string of the molecule is CC[C@H](O)c1cccc(O)c1CN. The van der Waals surface area contributed by atoms with Gasteiger partial charge in [-0.3, -0.25) is 0 Å². The first kappa shape index (κ1) is 10.0. The zero-order chi connectivity index (χ0) is 9.84. The Morgan fingerprint density at radius 1 is 1.46 bits per heavy atom. The van der Waals surface area contributed by atoms with E-state index in [0.29, 0.717) is 12.0 Å². The van der Waals surface area contributed by atoms with E-state index in [2.05, 4.69) is 0 Å². The van der Waals surface area contributed by atoms with Crippen molar-refractivity contribution in [2.24, 2.45) is 5.73 Å². The summed E-state index contributed by atoms with van der Waals surface area (Å²) in [7, 11) is 0. The van der Waals surface area contributed by atoms with Gasteiger partial charge in [0, 0.05) is 12.1 Å². The van der Waals surface area contributed by atoms with E-state index in [1.807, 2.05) is 6.92 Å². The molecule has 1 aromatic rings. The molecule has 0 saturated heterocycles. The lowest BCUT2D eigenvalue weighted by atomic mass is 10.00. The molecule has 0 heterocycles. The van der Waals surface area contributed by atoms with Crippen molar-refractivity contribution in [3.8, 4) is 5.75 Å². The van der Waals surface area contributed by atoms with Crippen LogP contribution in [-0.4, -0.2) is 10.2 Å². The summed E-state index contributed by atoms with van der Waals surface area (Å²) in [5, 5.41) is 19.0. The largest absolute Gasteiger partial charge is 0.508 e. The zero-order valence-corrected chi connectivity index (χ0v) is 7.70. The summed E-state index contributed by atoms with van der Waals surface area (Å²) in [5.41, 5.74) is 6.84. The monoisotopic (exact) mass is 181 g/mol.